The van der Waals surface area contributed by atoms with Crippen LogP contribution in [-0.4, -0.2) is 45.3 Å². The first-order chi connectivity index (χ1) is 14.2. The van der Waals surface area contributed by atoms with Gasteiger partial charge in [0.1, 0.15) is 5.75 Å². The maximum Gasteiger partial charge on any atom is 0.175 e. The maximum atomic E-state index is 11.6. The van der Waals surface area contributed by atoms with E-state index in [2.05, 4.69) is 17.9 Å². The molecule has 0 bridgehead atoms. The van der Waals surface area contributed by atoms with Crippen molar-refractivity contribution in [1.29, 1.82) is 5.26 Å². The number of rotatable bonds is 7. The molecule has 1 aliphatic heterocycles. The molecule has 1 fully saturated rings. The van der Waals surface area contributed by atoms with Gasteiger partial charge in [0.25, 0.3) is 0 Å². The third-order valence-electron chi connectivity index (χ3n) is 5.80. The van der Waals surface area contributed by atoms with Gasteiger partial charge in [-0.25, -0.2) is 8.42 Å². The summed E-state index contributed by atoms with van der Waals surface area (Å²) in [6.45, 7) is 6.67. The standard InChI is InChI=1S/C23H27ClN2O3S/c1-16-10-18(15-29-22-4-6-23(7-5-22)30(3,27)28)14-26(16)9-8-19-11-21(24)12-20(13-25)17(19)2/h4-7,11-12,16,18H,8-10,14-15H2,1-3H3. The van der Waals surface area contributed by atoms with Crippen LogP contribution >= 0.6 is 11.6 Å². The van der Waals surface area contributed by atoms with E-state index in [9.17, 15) is 13.7 Å². The molecule has 0 aliphatic carbocycles. The first-order valence-corrected chi connectivity index (χ1v) is 12.3. The van der Waals surface area contributed by atoms with Gasteiger partial charge in [-0.15, -0.1) is 0 Å². The van der Waals surface area contributed by atoms with Crippen LogP contribution in [0.1, 0.15) is 30.0 Å². The van der Waals surface area contributed by atoms with E-state index in [0.717, 1.165) is 37.1 Å². The van der Waals surface area contributed by atoms with Gasteiger partial charge in [-0.3, -0.25) is 4.90 Å². The van der Waals surface area contributed by atoms with Crippen LogP contribution < -0.4 is 4.74 Å². The molecule has 0 spiro atoms. The Balaban J connectivity index is 1.54. The van der Waals surface area contributed by atoms with Gasteiger partial charge >= 0.3 is 0 Å². The van der Waals surface area contributed by atoms with Crippen molar-refractivity contribution in [3.63, 3.8) is 0 Å². The van der Waals surface area contributed by atoms with Crippen molar-refractivity contribution >= 4 is 21.4 Å². The van der Waals surface area contributed by atoms with Crippen LogP contribution in [0.2, 0.25) is 5.02 Å². The van der Waals surface area contributed by atoms with E-state index >= 15 is 0 Å². The van der Waals surface area contributed by atoms with Crippen LogP contribution in [0, 0.1) is 24.2 Å². The fourth-order valence-electron chi connectivity index (χ4n) is 4.02. The first kappa shape index (κ1) is 22.6. The highest BCUT2D eigenvalue weighted by Gasteiger charge is 2.29. The Bertz CT molecular complexity index is 1050. The Morgan fingerprint density at radius 3 is 2.60 bits per heavy atom. The maximum absolute atomic E-state index is 11.6. The fourth-order valence-corrected chi connectivity index (χ4v) is 4.89. The topological polar surface area (TPSA) is 70.4 Å². The number of hydrogen-bond acceptors (Lipinski definition) is 5. The quantitative estimate of drug-likeness (QED) is 0.635. The van der Waals surface area contributed by atoms with E-state index in [1.165, 1.54) is 6.26 Å². The molecule has 30 heavy (non-hydrogen) atoms. The Hall–Kier alpha value is -2.07. The number of benzene rings is 2. The van der Waals surface area contributed by atoms with Gasteiger partial charge in [-0.2, -0.15) is 5.26 Å². The fraction of sp³-hybridized carbons (Fsp3) is 0.435. The monoisotopic (exact) mass is 446 g/mol. The molecule has 160 valence electrons. The third kappa shape index (κ3) is 5.54. The summed E-state index contributed by atoms with van der Waals surface area (Å²) >= 11 is 6.17. The van der Waals surface area contributed by atoms with E-state index in [0.29, 0.717) is 39.8 Å². The lowest BCUT2D eigenvalue weighted by Crippen LogP contribution is -2.30. The summed E-state index contributed by atoms with van der Waals surface area (Å²) in [6, 6.07) is 12.9. The summed E-state index contributed by atoms with van der Waals surface area (Å²) in [4.78, 5) is 2.75. The number of ether oxygens (including phenoxy) is 1. The molecular weight excluding hydrogens is 420 g/mol. The molecule has 0 radical (unpaired) electrons. The molecule has 5 nitrogen and oxygen atoms in total. The van der Waals surface area contributed by atoms with Gasteiger partial charge < -0.3 is 4.74 Å². The Kier molecular flexibility index (Phi) is 7.07. The molecule has 1 aliphatic rings. The summed E-state index contributed by atoms with van der Waals surface area (Å²) in [5.74, 6) is 1.11. The number of hydrogen-bond donors (Lipinski definition) is 0. The number of nitriles is 1. The zero-order chi connectivity index (χ0) is 21.9. The second-order valence-electron chi connectivity index (χ2n) is 8.10. The lowest BCUT2D eigenvalue weighted by Gasteiger charge is -2.21. The van der Waals surface area contributed by atoms with Crippen molar-refractivity contribution in [2.45, 2.75) is 37.6 Å². The molecule has 0 aromatic heterocycles. The Labute approximate surface area is 184 Å². The molecule has 3 rings (SSSR count). The molecule has 1 heterocycles. The molecular formula is C23H27ClN2O3S. The number of halogens is 1. The van der Waals surface area contributed by atoms with E-state index in [4.69, 9.17) is 16.3 Å². The average Bonchev–Trinajstić information content (AvgIpc) is 3.06. The van der Waals surface area contributed by atoms with Crippen LogP contribution in [-0.2, 0) is 16.3 Å². The number of likely N-dealkylation sites (tertiary alicyclic amines) is 1. The van der Waals surface area contributed by atoms with Crippen molar-refractivity contribution in [3.8, 4) is 11.8 Å². The van der Waals surface area contributed by atoms with E-state index in [1.54, 1.807) is 30.3 Å². The number of sulfone groups is 1. The summed E-state index contributed by atoms with van der Waals surface area (Å²) in [6.07, 6.45) is 3.11. The first-order valence-electron chi connectivity index (χ1n) is 10.0. The van der Waals surface area contributed by atoms with Gasteiger partial charge in [0.15, 0.2) is 9.84 Å². The molecule has 2 atom stereocenters. The third-order valence-corrected chi connectivity index (χ3v) is 7.14. The smallest absolute Gasteiger partial charge is 0.175 e. The SMILES string of the molecule is Cc1c(C#N)cc(Cl)cc1CCN1CC(COc2ccc(S(C)(=O)=O)cc2)CC1C. The summed E-state index contributed by atoms with van der Waals surface area (Å²) < 4.78 is 29.0. The van der Waals surface area contributed by atoms with Crippen molar-refractivity contribution in [1.82, 2.24) is 4.90 Å². The van der Waals surface area contributed by atoms with E-state index < -0.39 is 9.84 Å². The molecule has 7 heteroatoms. The molecule has 0 saturated carbocycles. The highest BCUT2D eigenvalue weighted by atomic mass is 35.5. The van der Waals surface area contributed by atoms with Crippen LogP contribution in [0.5, 0.6) is 5.75 Å². The predicted octanol–water partition coefficient (Wildman–Crippen LogP) is 4.26. The van der Waals surface area contributed by atoms with Crippen molar-refractivity contribution in [3.05, 3.63) is 58.1 Å². The van der Waals surface area contributed by atoms with Crippen LogP contribution in [0.3, 0.4) is 0 Å². The number of nitrogens with zero attached hydrogens (tertiary/aromatic N) is 2. The van der Waals surface area contributed by atoms with Crippen molar-refractivity contribution < 1.29 is 13.2 Å². The minimum absolute atomic E-state index is 0.298. The largest absolute Gasteiger partial charge is 0.493 e. The van der Waals surface area contributed by atoms with Crippen LogP contribution in [0.15, 0.2) is 41.3 Å². The molecule has 2 unspecified atom stereocenters. The predicted molar refractivity (Wildman–Crippen MR) is 119 cm³/mol. The summed E-state index contributed by atoms with van der Waals surface area (Å²) in [5, 5.41) is 9.88. The minimum atomic E-state index is -3.19. The molecule has 1 saturated heterocycles. The molecule has 0 amide bonds. The lowest BCUT2D eigenvalue weighted by molar-refractivity contribution is 0.234. The van der Waals surface area contributed by atoms with Gasteiger partial charge in [0.2, 0.25) is 0 Å². The highest BCUT2D eigenvalue weighted by Crippen LogP contribution is 2.26. The van der Waals surface area contributed by atoms with E-state index in [1.807, 2.05) is 13.0 Å². The van der Waals surface area contributed by atoms with Crippen LogP contribution in [0.25, 0.3) is 0 Å². The van der Waals surface area contributed by atoms with Crippen molar-refractivity contribution in [2.24, 2.45) is 5.92 Å². The zero-order valence-corrected chi connectivity index (χ0v) is 19.1. The van der Waals surface area contributed by atoms with Gasteiger partial charge in [0.05, 0.1) is 23.1 Å². The zero-order valence-electron chi connectivity index (χ0n) is 17.6. The average molecular weight is 447 g/mol. The Morgan fingerprint density at radius 1 is 1.27 bits per heavy atom. The van der Waals surface area contributed by atoms with E-state index in [-0.39, 0.29) is 0 Å². The molecule has 2 aromatic rings. The summed E-state index contributed by atoms with van der Waals surface area (Å²) in [7, 11) is -3.19. The Morgan fingerprint density at radius 2 is 1.97 bits per heavy atom. The van der Waals surface area contributed by atoms with Crippen molar-refractivity contribution in [2.75, 3.05) is 26.0 Å². The molecule has 2 aromatic carbocycles. The highest BCUT2D eigenvalue weighted by molar-refractivity contribution is 7.90. The van der Waals surface area contributed by atoms with Crippen LogP contribution in [0.4, 0.5) is 0 Å². The molecule has 0 N–H and O–H groups in total. The minimum Gasteiger partial charge on any atom is -0.493 e. The second-order valence-corrected chi connectivity index (χ2v) is 10.6. The van der Waals surface area contributed by atoms with Gasteiger partial charge in [0, 0.05) is 36.3 Å². The normalized spacial score (nSPS) is 19.6. The summed E-state index contributed by atoms with van der Waals surface area (Å²) in [5.41, 5.74) is 2.77. The second kappa shape index (κ2) is 9.38. The lowest BCUT2D eigenvalue weighted by atomic mass is 10.0. The van der Waals surface area contributed by atoms with Gasteiger partial charge in [-0.05, 0) is 74.2 Å². The van der Waals surface area contributed by atoms with Gasteiger partial charge in [-0.1, -0.05) is 11.6 Å².